The molecule has 1 aromatic heterocycles. The van der Waals surface area contributed by atoms with Crippen molar-refractivity contribution in [2.75, 3.05) is 23.3 Å². The van der Waals surface area contributed by atoms with E-state index in [-0.39, 0.29) is 17.6 Å². The monoisotopic (exact) mass is 410 g/mol. The highest BCUT2D eigenvalue weighted by Crippen LogP contribution is 2.26. The van der Waals surface area contributed by atoms with Crippen molar-refractivity contribution in [1.29, 1.82) is 0 Å². The first-order valence-corrected chi connectivity index (χ1v) is 9.85. The zero-order chi connectivity index (χ0) is 20.2. The summed E-state index contributed by atoms with van der Waals surface area (Å²) < 4.78 is 13.5. The van der Waals surface area contributed by atoms with Crippen molar-refractivity contribution in [3.05, 3.63) is 71.8 Å². The summed E-state index contributed by atoms with van der Waals surface area (Å²) in [4.78, 5) is 23.3. The summed E-state index contributed by atoms with van der Waals surface area (Å²) in [6, 6.07) is 15.3. The summed E-state index contributed by atoms with van der Waals surface area (Å²) >= 11 is 5.88. The third-order valence-corrected chi connectivity index (χ3v) is 5.33. The van der Waals surface area contributed by atoms with Gasteiger partial charge in [-0.2, -0.15) is 0 Å². The van der Waals surface area contributed by atoms with Crippen molar-refractivity contribution in [3.63, 3.8) is 0 Å². The maximum atomic E-state index is 13.5. The largest absolute Gasteiger partial charge is 0.356 e. The number of anilines is 2. The Morgan fingerprint density at radius 2 is 1.83 bits per heavy atom. The Hall–Kier alpha value is -2.99. The zero-order valence-corrected chi connectivity index (χ0v) is 16.4. The highest BCUT2D eigenvalue weighted by atomic mass is 35.5. The average molecular weight is 411 g/mol. The Kier molecular flexibility index (Phi) is 5.71. The third kappa shape index (κ3) is 4.71. The molecule has 2 aromatic carbocycles. The Labute approximate surface area is 173 Å². The normalized spacial score (nSPS) is 14.6. The number of piperidine rings is 1. The molecule has 0 bridgehead atoms. The quantitative estimate of drug-likeness (QED) is 0.671. The molecule has 1 amide bonds. The molecule has 1 saturated heterocycles. The Bertz CT molecular complexity index is 1000. The van der Waals surface area contributed by atoms with Crippen LogP contribution < -0.4 is 10.2 Å². The lowest BCUT2D eigenvalue weighted by molar-refractivity contribution is -0.120. The first-order chi connectivity index (χ1) is 14.1. The van der Waals surface area contributed by atoms with Gasteiger partial charge in [0.2, 0.25) is 5.91 Å². The van der Waals surface area contributed by atoms with Crippen LogP contribution in [0.1, 0.15) is 12.8 Å². The van der Waals surface area contributed by atoms with Crippen LogP contribution in [0, 0.1) is 11.7 Å². The first kappa shape index (κ1) is 19.3. The first-order valence-electron chi connectivity index (χ1n) is 9.48. The van der Waals surface area contributed by atoms with E-state index in [2.05, 4.69) is 20.2 Å². The SMILES string of the molecule is O=C(Nc1ccc(Cl)cc1)C1CCN(c2cc(-c3cccc(F)c3)ncn2)CC1. The van der Waals surface area contributed by atoms with Crippen molar-refractivity contribution in [2.45, 2.75) is 12.8 Å². The maximum Gasteiger partial charge on any atom is 0.227 e. The molecule has 3 aromatic rings. The second-order valence-corrected chi connectivity index (χ2v) is 7.47. The van der Waals surface area contributed by atoms with Gasteiger partial charge in [-0.05, 0) is 49.2 Å². The molecule has 0 saturated carbocycles. The molecular weight excluding hydrogens is 391 g/mol. The molecule has 2 heterocycles. The van der Waals surface area contributed by atoms with Crippen molar-refractivity contribution in [1.82, 2.24) is 9.97 Å². The number of benzene rings is 2. The molecule has 5 nitrogen and oxygen atoms in total. The smallest absolute Gasteiger partial charge is 0.227 e. The molecule has 0 radical (unpaired) electrons. The van der Waals surface area contributed by atoms with Crippen LogP contribution >= 0.6 is 11.6 Å². The number of nitrogens with zero attached hydrogens (tertiary/aromatic N) is 3. The molecule has 1 aliphatic heterocycles. The van der Waals surface area contributed by atoms with E-state index < -0.39 is 0 Å². The van der Waals surface area contributed by atoms with Gasteiger partial charge < -0.3 is 10.2 Å². The number of hydrogen-bond donors (Lipinski definition) is 1. The average Bonchev–Trinajstić information content (AvgIpc) is 2.75. The van der Waals surface area contributed by atoms with Gasteiger partial charge in [-0.3, -0.25) is 4.79 Å². The summed E-state index contributed by atoms with van der Waals surface area (Å²) in [5.74, 6) is 0.465. The molecule has 148 valence electrons. The van der Waals surface area contributed by atoms with Gasteiger partial charge in [0.05, 0.1) is 5.69 Å². The van der Waals surface area contributed by atoms with Crippen molar-refractivity contribution < 1.29 is 9.18 Å². The fraction of sp³-hybridized carbons (Fsp3) is 0.227. The number of carbonyl (C=O) groups is 1. The van der Waals surface area contributed by atoms with Gasteiger partial charge in [-0.15, -0.1) is 0 Å². The number of halogens is 2. The van der Waals surface area contributed by atoms with Crippen LogP contribution in [0.2, 0.25) is 5.02 Å². The molecule has 7 heteroatoms. The molecule has 29 heavy (non-hydrogen) atoms. The van der Waals surface area contributed by atoms with Gasteiger partial charge in [0.15, 0.2) is 0 Å². The maximum absolute atomic E-state index is 13.5. The number of hydrogen-bond acceptors (Lipinski definition) is 4. The lowest BCUT2D eigenvalue weighted by Gasteiger charge is -2.32. The van der Waals surface area contributed by atoms with E-state index in [1.165, 1.54) is 18.5 Å². The summed E-state index contributed by atoms with van der Waals surface area (Å²) in [6.45, 7) is 1.44. The van der Waals surface area contributed by atoms with Crippen LogP contribution in [-0.2, 0) is 4.79 Å². The van der Waals surface area contributed by atoms with Crippen LogP contribution in [0.25, 0.3) is 11.3 Å². The van der Waals surface area contributed by atoms with Crippen LogP contribution in [0.5, 0.6) is 0 Å². The number of amides is 1. The number of aromatic nitrogens is 2. The lowest BCUT2D eigenvalue weighted by atomic mass is 9.95. The molecular formula is C22H20ClFN4O. The summed E-state index contributed by atoms with van der Waals surface area (Å²) in [5.41, 5.74) is 2.14. The van der Waals surface area contributed by atoms with Gasteiger partial charge >= 0.3 is 0 Å². The minimum absolute atomic E-state index is 0.0232. The molecule has 0 aliphatic carbocycles. The topological polar surface area (TPSA) is 58.1 Å². The molecule has 1 aliphatic rings. The second-order valence-electron chi connectivity index (χ2n) is 7.03. The number of carbonyl (C=O) groups excluding carboxylic acids is 1. The van der Waals surface area contributed by atoms with E-state index in [0.29, 0.717) is 16.3 Å². The molecule has 0 spiro atoms. The van der Waals surface area contributed by atoms with Crippen LogP contribution in [-0.4, -0.2) is 29.0 Å². The minimum atomic E-state index is -0.296. The molecule has 1 fully saturated rings. The van der Waals surface area contributed by atoms with Crippen LogP contribution in [0.3, 0.4) is 0 Å². The number of nitrogens with one attached hydrogen (secondary N) is 1. The van der Waals surface area contributed by atoms with Crippen LogP contribution in [0.15, 0.2) is 60.9 Å². The Morgan fingerprint density at radius 1 is 1.07 bits per heavy atom. The predicted molar refractivity (Wildman–Crippen MR) is 112 cm³/mol. The summed E-state index contributed by atoms with van der Waals surface area (Å²) in [6.07, 6.45) is 2.96. The fourth-order valence-electron chi connectivity index (χ4n) is 3.47. The van der Waals surface area contributed by atoms with Gasteiger partial charge in [0.25, 0.3) is 0 Å². The fourth-order valence-corrected chi connectivity index (χ4v) is 3.60. The van der Waals surface area contributed by atoms with Crippen LogP contribution in [0.4, 0.5) is 15.9 Å². The third-order valence-electron chi connectivity index (χ3n) is 5.07. The van der Waals surface area contributed by atoms with Crippen molar-refractivity contribution >= 4 is 29.0 Å². The van der Waals surface area contributed by atoms with Gasteiger partial charge in [-0.1, -0.05) is 23.7 Å². The highest BCUT2D eigenvalue weighted by Gasteiger charge is 2.26. The molecule has 4 rings (SSSR count). The van der Waals surface area contributed by atoms with E-state index in [1.54, 1.807) is 30.3 Å². The van der Waals surface area contributed by atoms with E-state index in [4.69, 9.17) is 11.6 Å². The minimum Gasteiger partial charge on any atom is -0.356 e. The Morgan fingerprint density at radius 3 is 2.55 bits per heavy atom. The highest BCUT2D eigenvalue weighted by molar-refractivity contribution is 6.30. The summed E-state index contributed by atoms with van der Waals surface area (Å²) in [5, 5.41) is 3.59. The van der Waals surface area contributed by atoms with Crippen molar-refractivity contribution in [3.8, 4) is 11.3 Å². The van der Waals surface area contributed by atoms with E-state index in [1.807, 2.05) is 12.1 Å². The molecule has 1 N–H and O–H groups in total. The van der Waals surface area contributed by atoms with Crippen molar-refractivity contribution in [2.24, 2.45) is 5.92 Å². The number of rotatable bonds is 4. The lowest BCUT2D eigenvalue weighted by Crippen LogP contribution is -2.38. The van der Waals surface area contributed by atoms with Gasteiger partial charge in [-0.25, -0.2) is 14.4 Å². The summed E-state index contributed by atoms with van der Waals surface area (Å²) in [7, 11) is 0. The van der Waals surface area contributed by atoms with Gasteiger partial charge in [0.1, 0.15) is 18.0 Å². The zero-order valence-electron chi connectivity index (χ0n) is 15.7. The van der Waals surface area contributed by atoms with Gasteiger partial charge in [0, 0.05) is 41.3 Å². The van der Waals surface area contributed by atoms with E-state index in [0.717, 1.165) is 37.4 Å². The predicted octanol–water partition coefficient (Wildman–Crippen LogP) is 4.79. The standard InChI is InChI=1S/C22H20ClFN4O/c23-17-4-6-19(7-5-17)27-22(29)15-8-10-28(11-9-15)21-13-20(25-14-26-21)16-2-1-3-18(24)12-16/h1-7,12-15H,8-11H2,(H,27,29). The second kappa shape index (κ2) is 8.57. The molecule has 0 atom stereocenters. The van der Waals surface area contributed by atoms with E-state index in [9.17, 15) is 9.18 Å². The van der Waals surface area contributed by atoms with E-state index >= 15 is 0 Å². The molecule has 0 unspecified atom stereocenters. The Balaban J connectivity index is 1.39.